The average molecular weight is 466 g/mol. The third-order valence-electron chi connectivity index (χ3n) is 5.45. The highest BCUT2D eigenvalue weighted by Gasteiger charge is 2.24. The van der Waals surface area contributed by atoms with Gasteiger partial charge < -0.3 is 15.4 Å². The van der Waals surface area contributed by atoms with Gasteiger partial charge in [-0.2, -0.15) is 0 Å². The monoisotopic (exact) mass is 465 g/mol. The number of nitrogens with zero attached hydrogens (tertiary/aromatic N) is 1. The van der Waals surface area contributed by atoms with Crippen LogP contribution in [0.3, 0.4) is 0 Å². The van der Waals surface area contributed by atoms with Crippen molar-refractivity contribution < 1.29 is 24.0 Å². The summed E-state index contributed by atoms with van der Waals surface area (Å²) in [6, 6.07) is 15.1. The van der Waals surface area contributed by atoms with Gasteiger partial charge in [0.15, 0.2) is 0 Å². The Morgan fingerprint density at radius 1 is 1.09 bits per heavy atom. The summed E-state index contributed by atoms with van der Waals surface area (Å²) >= 11 is 0. The van der Waals surface area contributed by atoms with E-state index in [0.717, 1.165) is 11.1 Å². The molecular weight excluding hydrogens is 438 g/mol. The number of hydrogen-bond donors (Lipinski definition) is 2. The molecule has 2 N–H and O–H groups in total. The van der Waals surface area contributed by atoms with Gasteiger partial charge in [-0.25, -0.2) is 0 Å². The first-order valence-electron chi connectivity index (χ1n) is 11.1. The van der Waals surface area contributed by atoms with Crippen molar-refractivity contribution >= 4 is 23.5 Å². The summed E-state index contributed by atoms with van der Waals surface area (Å²) in [7, 11) is 0. The molecule has 9 nitrogen and oxygen atoms in total. The van der Waals surface area contributed by atoms with Gasteiger partial charge in [0.2, 0.25) is 11.8 Å². The van der Waals surface area contributed by atoms with Crippen LogP contribution in [0, 0.1) is 16.0 Å². The Morgan fingerprint density at radius 3 is 2.53 bits per heavy atom. The number of cyclic esters (lactones) is 1. The van der Waals surface area contributed by atoms with Crippen LogP contribution in [-0.2, 0) is 25.7 Å². The summed E-state index contributed by atoms with van der Waals surface area (Å²) in [4.78, 5) is 47.8. The van der Waals surface area contributed by atoms with Gasteiger partial charge in [-0.1, -0.05) is 54.6 Å². The summed E-state index contributed by atoms with van der Waals surface area (Å²) in [5.41, 5.74) is 1.47. The quantitative estimate of drug-likeness (QED) is 0.291. The third kappa shape index (κ3) is 7.54. The first-order chi connectivity index (χ1) is 16.4. The van der Waals surface area contributed by atoms with Crippen LogP contribution in [0.4, 0.5) is 5.69 Å². The minimum atomic E-state index is -0.613. The average Bonchev–Trinajstić information content (AvgIpc) is 2.84. The molecule has 1 unspecified atom stereocenters. The number of amides is 2. The number of nitro groups is 1. The van der Waals surface area contributed by atoms with Crippen LogP contribution < -0.4 is 10.6 Å². The highest BCUT2D eigenvalue weighted by atomic mass is 16.6. The lowest BCUT2D eigenvalue weighted by Crippen LogP contribution is -2.37. The maximum absolute atomic E-state index is 12.9. The number of carbonyl (C=O) groups is 3. The summed E-state index contributed by atoms with van der Waals surface area (Å²) < 4.78 is 5.58. The molecule has 0 saturated carbocycles. The van der Waals surface area contributed by atoms with E-state index in [0.29, 0.717) is 12.8 Å². The van der Waals surface area contributed by atoms with E-state index in [1.165, 1.54) is 12.1 Å². The molecule has 2 aromatic carbocycles. The predicted molar refractivity (Wildman–Crippen MR) is 124 cm³/mol. The number of ether oxygens (including phenoxy) is 1. The molecule has 2 amide bonds. The first kappa shape index (κ1) is 24.6. The molecule has 0 spiro atoms. The fourth-order valence-electron chi connectivity index (χ4n) is 3.55. The SMILES string of the molecule is O=C(C[C@@H]1CC=CCCC(=O)OC(c2ccccc2)CNC1=O)NCc1ccc([N+](=O)[O-])cc1. The Labute approximate surface area is 197 Å². The number of rotatable bonds is 6. The third-order valence-corrected chi connectivity index (χ3v) is 5.45. The molecule has 0 aromatic heterocycles. The molecule has 2 aromatic rings. The number of benzene rings is 2. The molecule has 3 rings (SSSR count). The molecule has 178 valence electrons. The Morgan fingerprint density at radius 2 is 1.82 bits per heavy atom. The van der Waals surface area contributed by atoms with Gasteiger partial charge in [0.05, 0.1) is 17.4 Å². The molecule has 34 heavy (non-hydrogen) atoms. The van der Waals surface area contributed by atoms with Crippen molar-refractivity contribution in [2.24, 2.45) is 5.92 Å². The van der Waals surface area contributed by atoms with Crippen molar-refractivity contribution in [1.29, 1.82) is 0 Å². The Balaban J connectivity index is 1.61. The van der Waals surface area contributed by atoms with E-state index in [1.807, 2.05) is 36.4 Å². The van der Waals surface area contributed by atoms with Gasteiger partial charge in [0.1, 0.15) is 6.10 Å². The molecule has 0 fully saturated rings. The second-order valence-electron chi connectivity index (χ2n) is 7.98. The molecule has 0 aliphatic carbocycles. The van der Waals surface area contributed by atoms with Crippen LogP contribution in [0.1, 0.15) is 42.9 Å². The van der Waals surface area contributed by atoms with E-state index < -0.39 is 16.9 Å². The van der Waals surface area contributed by atoms with E-state index in [-0.39, 0.29) is 49.4 Å². The highest BCUT2D eigenvalue weighted by molar-refractivity contribution is 5.86. The lowest BCUT2D eigenvalue weighted by molar-refractivity contribution is -0.384. The van der Waals surface area contributed by atoms with Gasteiger partial charge in [-0.05, 0) is 24.0 Å². The Hall–Kier alpha value is -4.01. The summed E-state index contributed by atoms with van der Waals surface area (Å²) in [5.74, 6) is -1.52. The molecule has 1 aliphatic heterocycles. The molecule has 0 saturated heterocycles. The number of nitrogens with one attached hydrogen (secondary N) is 2. The van der Waals surface area contributed by atoms with Gasteiger partial charge in [0, 0.05) is 31.5 Å². The van der Waals surface area contributed by atoms with E-state index in [4.69, 9.17) is 4.74 Å². The first-order valence-corrected chi connectivity index (χ1v) is 11.1. The van der Waals surface area contributed by atoms with Crippen molar-refractivity contribution in [2.75, 3.05) is 6.54 Å². The van der Waals surface area contributed by atoms with Gasteiger partial charge in [0.25, 0.3) is 5.69 Å². The lowest BCUT2D eigenvalue weighted by Gasteiger charge is -2.21. The smallest absolute Gasteiger partial charge is 0.306 e. The molecule has 2 atom stereocenters. The van der Waals surface area contributed by atoms with Crippen molar-refractivity contribution in [2.45, 2.75) is 38.3 Å². The van der Waals surface area contributed by atoms with Gasteiger partial charge in [-0.15, -0.1) is 0 Å². The normalized spacial score (nSPS) is 19.2. The Kier molecular flexibility index (Phi) is 8.90. The second-order valence-corrected chi connectivity index (χ2v) is 7.98. The second kappa shape index (κ2) is 12.3. The van der Waals surface area contributed by atoms with E-state index in [2.05, 4.69) is 10.6 Å². The number of non-ortho nitro benzene ring substituents is 1. The number of carbonyl (C=O) groups excluding carboxylic acids is 3. The van der Waals surface area contributed by atoms with Crippen LogP contribution in [-0.4, -0.2) is 29.3 Å². The number of allylic oxidation sites excluding steroid dienone is 2. The molecule has 0 radical (unpaired) electrons. The van der Waals surface area contributed by atoms with Crippen molar-refractivity contribution in [3.63, 3.8) is 0 Å². The maximum Gasteiger partial charge on any atom is 0.306 e. The standard InChI is InChI=1S/C25H27N3O6/c29-23(26-16-18-11-13-21(14-12-18)28(32)33)15-20-9-5-2-6-10-24(30)34-22(17-27-25(20)31)19-7-3-1-4-8-19/h1-5,7-8,11-14,20,22H,6,9-10,15-17H2,(H,26,29)(H,27,31)/t20-,22?/m0/s1. The summed E-state index contributed by atoms with van der Waals surface area (Å²) in [6.45, 7) is 0.312. The van der Waals surface area contributed by atoms with E-state index in [1.54, 1.807) is 18.2 Å². The highest BCUT2D eigenvalue weighted by Crippen LogP contribution is 2.20. The zero-order valence-corrected chi connectivity index (χ0v) is 18.6. The predicted octanol–water partition coefficient (Wildman–Crippen LogP) is 3.36. The van der Waals surface area contributed by atoms with Crippen LogP contribution in [0.5, 0.6) is 0 Å². The summed E-state index contributed by atoms with van der Waals surface area (Å²) in [6.07, 6.45) is 4.07. The molecule has 1 aliphatic rings. The van der Waals surface area contributed by atoms with Gasteiger partial charge >= 0.3 is 5.97 Å². The number of nitro benzene ring substituents is 1. The minimum absolute atomic E-state index is 0.0149. The molecule has 1 heterocycles. The maximum atomic E-state index is 12.9. The lowest BCUT2D eigenvalue weighted by atomic mass is 9.98. The number of esters is 1. The minimum Gasteiger partial charge on any atom is -0.456 e. The zero-order chi connectivity index (χ0) is 24.3. The number of hydrogen-bond acceptors (Lipinski definition) is 6. The van der Waals surface area contributed by atoms with Crippen LogP contribution in [0.2, 0.25) is 0 Å². The fraction of sp³-hybridized carbons (Fsp3) is 0.320. The Bertz CT molecular complexity index is 1040. The summed E-state index contributed by atoms with van der Waals surface area (Å²) in [5, 5.41) is 16.3. The fourth-order valence-corrected chi connectivity index (χ4v) is 3.55. The van der Waals surface area contributed by atoms with Crippen LogP contribution >= 0.6 is 0 Å². The van der Waals surface area contributed by atoms with E-state index >= 15 is 0 Å². The van der Waals surface area contributed by atoms with Crippen molar-refractivity contribution in [1.82, 2.24) is 10.6 Å². The van der Waals surface area contributed by atoms with Gasteiger partial charge in [-0.3, -0.25) is 24.5 Å². The largest absolute Gasteiger partial charge is 0.456 e. The topological polar surface area (TPSA) is 128 Å². The molecular formula is C25H27N3O6. The van der Waals surface area contributed by atoms with Crippen molar-refractivity contribution in [3.8, 4) is 0 Å². The molecule has 0 bridgehead atoms. The zero-order valence-electron chi connectivity index (χ0n) is 18.6. The van der Waals surface area contributed by atoms with E-state index in [9.17, 15) is 24.5 Å². The molecule has 9 heteroatoms. The van der Waals surface area contributed by atoms with Crippen LogP contribution in [0.25, 0.3) is 0 Å². The van der Waals surface area contributed by atoms with Crippen molar-refractivity contribution in [3.05, 3.63) is 88.0 Å². The van der Waals surface area contributed by atoms with Crippen LogP contribution in [0.15, 0.2) is 66.7 Å².